The summed E-state index contributed by atoms with van der Waals surface area (Å²) >= 11 is 1.15. The maximum atomic E-state index is 14.0. The van der Waals surface area contributed by atoms with Crippen LogP contribution < -0.4 is 21.3 Å². The molecule has 208 valence electrons. The first kappa shape index (κ1) is 30.1. The van der Waals surface area contributed by atoms with E-state index in [1.807, 2.05) is 0 Å². The van der Waals surface area contributed by atoms with Crippen molar-refractivity contribution >= 4 is 41.3 Å². The van der Waals surface area contributed by atoms with E-state index in [-0.39, 0.29) is 27.6 Å². The molecule has 2 heterocycles. The van der Waals surface area contributed by atoms with Crippen LogP contribution in [-0.4, -0.2) is 42.1 Å². The summed E-state index contributed by atoms with van der Waals surface area (Å²) in [6.45, 7) is 14.0. The summed E-state index contributed by atoms with van der Waals surface area (Å²) in [7, 11) is -0.413. The van der Waals surface area contributed by atoms with Crippen molar-refractivity contribution in [3.05, 3.63) is 60.9 Å². The first-order chi connectivity index (χ1) is 18.0. The number of ether oxygens (including phenoxy) is 1. The molecule has 0 unspecified atom stereocenters. The second-order valence-corrected chi connectivity index (χ2v) is 16.9. The molecule has 3 rings (SSSR count). The van der Waals surface area contributed by atoms with Crippen LogP contribution in [0.3, 0.4) is 0 Å². The lowest BCUT2D eigenvalue weighted by Gasteiger charge is -2.27. The molecule has 0 aliphatic carbocycles. The molecule has 3 aromatic rings. The van der Waals surface area contributed by atoms with Crippen molar-refractivity contribution in [2.45, 2.75) is 72.4 Å². The predicted molar refractivity (Wildman–Crippen MR) is 155 cm³/mol. The number of nitrogens with zero attached hydrogens (tertiary/aromatic N) is 2. The molecule has 0 saturated heterocycles. The number of amides is 1. The van der Waals surface area contributed by atoms with E-state index in [1.165, 1.54) is 37.7 Å². The highest BCUT2D eigenvalue weighted by atomic mass is 32.1. The average molecular weight is 572 g/mol. The van der Waals surface area contributed by atoms with Crippen molar-refractivity contribution in [3.8, 4) is 17.2 Å². The van der Waals surface area contributed by atoms with E-state index in [4.69, 9.17) is 4.74 Å². The highest BCUT2D eigenvalue weighted by Gasteiger charge is 2.36. The molecule has 1 amide bonds. The van der Waals surface area contributed by atoms with Gasteiger partial charge in [0.2, 0.25) is 5.91 Å². The van der Waals surface area contributed by atoms with Crippen LogP contribution in [0.15, 0.2) is 27.8 Å². The number of Topliss-reactive ketones (excluding diaryl/α,β-unsaturated/α-hetero) is 1. The summed E-state index contributed by atoms with van der Waals surface area (Å²) in [5, 5.41) is 2.97. The fourth-order valence-electron chi connectivity index (χ4n) is 4.01. The molecule has 0 aliphatic rings. The Kier molecular flexibility index (Phi) is 8.43. The number of hydrogen-bond donors (Lipinski definition) is 1. The minimum Gasteiger partial charge on any atom is -0.496 e. The van der Waals surface area contributed by atoms with Gasteiger partial charge < -0.3 is 10.1 Å². The van der Waals surface area contributed by atoms with Gasteiger partial charge in [0.25, 0.3) is 5.56 Å². The number of carbonyl (C=O) groups excluding carboxylic acids is 2. The van der Waals surface area contributed by atoms with E-state index < -0.39 is 48.9 Å². The number of carbonyl (C=O) groups is 2. The quantitative estimate of drug-likeness (QED) is 0.262. The van der Waals surface area contributed by atoms with Crippen LogP contribution >= 0.6 is 11.3 Å². The van der Waals surface area contributed by atoms with Crippen LogP contribution in [0, 0.1) is 24.2 Å². The molecular formula is C28H34FN3O5SSi. The smallest absolute Gasteiger partial charge is 0.333 e. The molecule has 0 fully saturated rings. The number of methoxy groups -OCH3 is 1. The number of aromatic nitrogens is 2. The highest BCUT2D eigenvalue weighted by molar-refractivity contribution is 7.19. The minimum atomic E-state index is -1.77. The SMILES string of the molecule is COc1ccc(F)cc1C(=O)Cn1c(=O)n(C(C)(C)C(=O)NC(C)C)c(=O)c2c(C)c(C#C[Si](C)(C)C)sc21. The van der Waals surface area contributed by atoms with Gasteiger partial charge in [0.05, 0.1) is 29.5 Å². The Morgan fingerprint density at radius 1 is 1.21 bits per heavy atom. The van der Waals surface area contributed by atoms with Gasteiger partial charge in [0.15, 0.2) is 5.78 Å². The Balaban J connectivity index is 2.38. The molecular weight excluding hydrogens is 537 g/mol. The summed E-state index contributed by atoms with van der Waals surface area (Å²) in [6.07, 6.45) is 0. The van der Waals surface area contributed by atoms with Crippen LogP contribution in [0.1, 0.15) is 48.5 Å². The number of ketones is 1. The second-order valence-electron chi connectivity index (χ2n) is 11.2. The van der Waals surface area contributed by atoms with Gasteiger partial charge in [-0.1, -0.05) is 25.6 Å². The third kappa shape index (κ3) is 6.07. The Labute approximate surface area is 231 Å². The number of halogens is 1. The maximum absolute atomic E-state index is 14.0. The van der Waals surface area contributed by atoms with Gasteiger partial charge in [-0.2, -0.15) is 0 Å². The van der Waals surface area contributed by atoms with Crippen molar-refractivity contribution in [2.24, 2.45) is 0 Å². The molecule has 0 atom stereocenters. The van der Waals surface area contributed by atoms with Crippen molar-refractivity contribution in [1.82, 2.24) is 14.5 Å². The third-order valence-electron chi connectivity index (χ3n) is 6.06. The van der Waals surface area contributed by atoms with Crippen molar-refractivity contribution < 1.29 is 18.7 Å². The Morgan fingerprint density at radius 2 is 1.85 bits per heavy atom. The largest absolute Gasteiger partial charge is 0.496 e. The van der Waals surface area contributed by atoms with Gasteiger partial charge in [-0.15, -0.1) is 16.9 Å². The van der Waals surface area contributed by atoms with Crippen molar-refractivity contribution in [2.75, 3.05) is 7.11 Å². The van der Waals surface area contributed by atoms with Gasteiger partial charge in [-0.25, -0.2) is 13.8 Å². The normalized spacial score (nSPS) is 11.9. The van der Waals surface area contributed by atoms with Crippen molar-refractivity contribution in [3.63, 3.8) is 0 Å². The number of thiophene rings is 1. The van der Waals surface area contributed by atoms with Gasteiger partial charge in [0, 0.05) is 6.04 Å². The molecule has 1 aromatic carbocycles. The van der Waals surface area contributed by atoms with Gasteiger partial charge >= 0.3 is 5.69 Å². The molecule has 0 spiro atoms. The molecule has 11 heteroatoms. The highest BCUT2D eigenvalue weighted by Crippen LogP contribution is 2.29. The van der Waals surface area contributed by atoms with E-state index in [0.29, 0.717) is 10.4 Å². The predicted octanol–water partition coefficient (Wildman–Crippen LogP) is 4.05. The zero-order chi connectivity index (χ0) is 29.4. The summed E-state index contributed by atoms with van der Waals surface area (Å²) in [4.78, 5) is 55.2. The van der Waals surface area contributed by atoms with E-state index in [0.717, 1.165) is 22.0 Å². The molecule has 0 bridgehead atoms. The number of nitrogens with one attached hydrogen (secondary N) is 1. The topological polar surface area (TPSA) is 99.4 Å². The molecule has 0 aliphatic heterocycles. The number of hydrogen-bond acceptors (Lipinski definition) is 6. The van der Waals surface area contributed by atoms with Crippen LogP contribution in [-0.2, 0) is 16.9 Å². The lowest BCUT2D eigenvalue weighted by Crippen LogP contribution is -2.56. The molecule has 39 heavy (non-hydrogen) atoms. The fourth-order valence-corrected chi connectivity index (χ4v) is 5.75. The maximum Gasteiger partial charge on any atom is 0.333 e. The standard InChI is InChI=1S/C28H34FN3O5SSi/c1-16(2)30-26(35)28(4,5)32-24(34)23-17(3)22(12-13-39(7,8)9)38-25(23)31(27(32)36)15-20(33)19-14-18(29)10-11-21(19)37-6/h10-11,14,16H,15H2,1-9H3,(H,30,35). The molecule has 1 N–H and O–H groups in total. The van der Waals surface area contributed by atoms with E-state index in [9.17, 15) is 23.6 Å². The summed E-state index contributed by atoms with van der Waals surface area (Å²) in [6, 6.07) is 3.32. The number of aryl methyl sites for hydroxylation is 1. The zero-order valence-electron chi connectivity index (χ0n) is 23.7. The molecule has 0 radical (unpaired) electrons. The van der Waals surface area contributed by atoms with Crippen LogP contribution in [0.25, 0.3) is 10.2 Å². The first-order valence-corrected chi connectivity index (χ1v) is 16.8. The molecule has 0 saturated carbocycles. The third-order valence-corrected chi connectivity index (χ3v) is 8.17. The number of fused-ring (bicyclic) bond motifs is 1. The van der Waals surface area contributed by atoms with Crippen LogP contribution in [0.2, 0.25) is 19.6 Å². The monoisotopic (exact) mass is 571 g/mol. The average Bonchev–Trinajstić information content (AvgIpc) is 3.15. The summed E-state index contributed by atoms with van der Waals surface area (Å²) < 4.78 is 21.3. The lowest BCUT2D eigenvalue weighted by atomic mass is 10.0. The number of rotatable bonds is 7. The van der Waals surface area contributed by atoms with E-state index in [2.05, 4.69) is 36.4 Å². The second kappa shape index (κ2) is 10.9. The van der Waals surface area contributed by atoms with E-state index in [1.54, 1.807) is 20.8 Å². The molecule has 8 nitrogen and oxygen atoms in total. The zero-order valence-corrected chi connectivity index (χ0v) is 25.6. The summed E-state index contributed by atoms with van der Waals surface area (Å²) in [5.41, 5.74) is 0.768. The van der Waals surface area contributed by atoms with E-state index >= 15 is 0 Å². The van der Waals surface area contributed by atoms with Gasteiger partial charge in [0.1, 0.15) is 30.0 Å². The Hall–Kier alpha value is -3.49. The summed E-state index contributed by atoms with van der Waals surface area (Å²) in [5.74, 6) is 1.57. The van der Waals surface area contributed by atoms with Crippen molar-refractivity contribution in [1.29, 1.82) is 0 Å². The minimum absolute atomic E-state index is 0.0425. The van der Waals surface area contributed by atoms with Gasteiger partial charge in [-0.05, 0) is 58.4 Å². The van der Waals surface area contributed by atoms with Crippen LogP contribution in [0.5, 0.6) is 5.75 Å². The lowest BCUT2D eigenvalue weighted by molar-refractivity contribution is -0.129. The fraction of sp³-hybridized carbons (Fsp3) is 0.429. The first-order valence-electron chi connectivity index (χ1n) is 12.5. The number of benzene rings is 1. The van der Waals surface area contributed by atoms with Gasteiger partial charge in [-0.3, -0.25) is 19.0 Å². The van der Waals surface area contributed by atoms with Crippen LogP contribution in [0.4, 0.5) is 4.39 Å². The Bertz CT molecular complexity index is 1650. The molecule has 2 aromatic heterocycles. The Morgan fingerprint density at radius 3 is 2.41 bits per heavy atom.